The van der Waals surface area contributed by atoms with Gasteiger partial charge in [-0.15, -0.1) is 0 Å². The number of rotatable bonds is 3. The van der Waals surface area contributed by atoms with E-state index < -0.39 is 6.98 Å². The molecule has 5 heteroatoms. The summed E-state index contributed by atoms with van der Waals surface area (Å²) in [6.07, 6.45) is 5.83. The number of pyridine rings is 1. The highest BCUT2D eigenvalue weighted by Crippen LogP contribution is 2.33. The molecule has 1 amide bonds. The van der Waals surface area contributed by atoms with Gasteiger partial charge in [-0.2, -0.15) is 0 Å². The predicted octanol–water partition coefficient (Wildman–Crippen LogP) is 3.42. The Balaban J connectivity index is 1.82. The van der Waals surface area contributed by atoms with E-state index in [0.717, 1.165) is 31.6 Å². The van der Waals surface area contributed by atoms with E-state index in [1.54, 1.807) is 24.4 Å². The summed E-state index contributed by atoms with van der Waals surface area (Å²) < 4.78 is 25.7. The van der Waals surface area contributed by atoms with E-state index in [0.29, 0.717) is 28.8 Å². The smallest absolute Gasteiger partial charge is 0.246 e. The molecule has 0 spiro atoms. The Bertz CT molecular complexity index is 1110. The fourth-order valence-electron chi connectivity index (χ4n) is 3.72. The summed E-state index contributed by atoms with van der Waals surface area (Å²) in [5, 5.41) is 0.706. The van der Waals surface area contributed by atoms with Crippen molar-refractivity contribution in [3.63, 3.8) is 0 Å². The number of benzene rings is 1. The van der Waals surface area contributed by atoms with Crippen LogP contribution in [0.15, 0.2) is 54.7 Å². The van der Waals surface area contributed by atoms with Crippen LogP contribution in [0.1, 0.15) is 16.1 Å². The average molecular weight is 378 g/mol. The molecule has 28 heavy (non-hydrogen) atoms. The summed E-state index contributed by atoms with van der Waals surface area (Å²) in [5.74, 6) is -0.0621. The normalized spacial score (nSPS) is 18.0. The Morgan fingerprint density at radius 3 is 2.79 bits per heavy atom. The minimum atomic E-state index is -2.41. The molecule has 0 saturated carbocycles. The first-order chi connectivity index (χ1) is 14.9. The van der Waals surface area contributed by atoms with E-state index in [9.17, 15) is 4.79 Å². The van der Waals surface area contributed by atoms with Crippen LogP contribution >= 0.6 is 0 Å². The van der Waals surface area contributed by atoms with Crippen LogP contribution in [0.4, 0.5) is 0 Å². The highest BCUT2D eigenvalue weighted by Gasteiger charge is 2.18. The summed E-state index contributed by atoms with van der Waals surface area (Å²) >= 11 is 0. The molecule has 1 aliphatic heterocycles. The molecule has 0 aliphatic carbocycles. The summed E-state index contributed by atoms with van der Waals surface area (Å²) in [6, 6.07) is 13.0. The fourth-order valence-corrected chi connectivity index (χ4v) is 3.72. The maximum absolute atomic E-state index is 12.9. The van der Waals surface area contributed by atoms with Crippen LogP contribution in [0, 0.1) is 0 Å². The number of aryl methyl sites for hydroxylation is 1. The molecule has 0 radical (unpaired) electrons. The second-order valence-corrected chi connectivity index (χ2v) is 7.15. The number of hydrogen-bond acceptors (Lipinski definition) is 3. The molecule has 2 aromatic heterocycles. The van der Waals surface area contributed by atoms with Gasteiger partial charge >= 0.3 is 0 Å². The van der Waals surface area contributed by atoms with Crippen molar-refractivity contribution >= 4 is 23.0 Å². The molecule has 0 N–H and O–H groups in total. The second kappa shape index (κ2) is 7.98. The van der Waals surface area contributed by atoms with Crippen molar-refractivity contribution in [1.82, 2.24) is 19.4 Å². The van der Waals surface area contributed by atoms with Crippen molar-refractivity contribution < 1.29 is 8.91 Å². The van der Waals surface area contributed by atoms with Crippen molar-refractivity contribution in [2.45, 2.75) is 6.42 Å². The molecular weight excluding hydrogens is 348 g/mol. The molecule has 5 nitrogen and oxygen atoms in total. The van der Waals surface area contributed by atoms with E-state index in [1.165, 1.54) is 4.57 Å². The molecule has 1 saturated heterocycles. The lowest BCUT2D eigenvalue weighted by Crippen LogP contribution is -2.33. The fraction of sp³-hybridized carbons (Fsp3) is 0.304. The van der Waals surface area contributed by atoms with E-state index in [-0.39, 0.29) is 5.91 Å². The molecule has 1 aliphatic rings. The maximum Gasteiger partial charge on any atom is 0.246 e. The molecule has 1 fully saturated rings. The molecule has 1 aromatic carbocycles. The van der Waals surface area contributed by atoms with Gasteiger partial charge in [-0.3, -0.25) is 4.79 Å². The number of aromatic nitrogens is 2. The van der Waals surface area contributed by atoms with Crippen LogP contribution in [-0.4, -0.2) is 58.5 Å². The monoisotopic (exact) mass is 377 g/mol. The van der Waals surface area contributed by atoms with Crippen LogP contribution in [-0.2, 0) is 11.8 Å². The maximum atomic E-state index is 12.9. The lowest BCUT2D eigenvalue weighted by atomic mass is 10.1. The van der Waals surface area contributed by atoms with Gasteiger partial charge in [0, 0.05) is 53.9 Å². The Labute approximate surface area is 170 Å². The van der Waals surface area contributed by atoms with Crippen molar-refractivity contribution in [1.29, 1.82) is 0 Å². The zero-order chi connectivity index (χ0) is 22.0. The predicted molar refractivity (Wildman–Crippen MR) is 114 cm³/mol. The van der Waals surface area contributed by atoms with E-state index in [1.807, 2.05) is 41.3 Å². The standard InChI is InChI=1S/C23H26N4O/c1-25-14-7-15-27(17-16-25)21(28)12-11-19-20-10-6-13-24-23(20)26(2)22(19)18-8-4-3-5-9-18/h3-6,8-13H,7,14-17H2,1-2H3/b12-11+/i2D3. The molecular formula is C23H26N4O. The van der Waals surface area contributed by atoms with Crippen LogP contribution in [0.25, 0.3) is 28.4 Å². The number of fused-ring (bicyclic) bond motifs is 1. The Morgan fingerprint density at radius 2 is 1.96 bits per heavy atom. The summed E-state index contributed by atoms with van der Waals surface area (Å²) in [6.45, 7) is 0.811. The number of hydrogen-bond donors (Lipinski definition) is 0. The zero-order valence-electron chi connectivity index (χ0n) is 19.0. The third-order valence-corrected chi connectivity index (χ3v) is 5.24. The number of carbonyl (C=O) groups is 1. The van der Waals surface area contributed by atoms with Crippen LogP contribution in [0.3, 0.4) is 0 Å². The first-order valence-corrected chi connectivity index (χ1v) is 9.57. The van der Waals surface area contributed by atoms with Gasteiger partial charge in [-0.1, -0.05) is 30.3 Å². The van der Waals surface area contributed by atoms with Gasteiger partial charge in [0.1, 0.15) is 5.65 Å². The quantitative estimate of drug-likeness (QED) is 0.657. The SMILES string of the molecule is [2H]C([2H])([2H])n1c(-c2ccccc2)c(/C=C/C(=O)N2CCCN(C)CC2)c2cccnc21. The van der Waals surface area contributed by atoms with Gasteiger partial charge in [0.15, 0.2) is 0 Å². The average Bonchev–Trinajstić information content (AvgIpc) is 2.94. The molecule has 3 heterocycles. The Kier molecular flexibility index (Phi) is 4.29. The summed E-state index contributed by atoms with van der Waals surface area (Å²) in [5.41, 5.74) is 2.37. The molecule has 4 rings (SSSR count). The topological polar surface area (TPSA) is 41.4 Å². The number of carbonyl (C=O) groups excluding carboxylic acids is 1. The van der Waals surface area contributed by atoms with E-state index in [4.69, 9.17) is 4.11 Å². The third-order valence-electron chi connectivity index (χ3n) is 5.24. The second-order valence-electron chi connectivity index (χ2n) is 7.15. The Morgan fingerprint density at radius 1 is 1.11 bits per heavy atom. The van der Waals surface area contributed by atoms with Crippen molar-refractivity contribution in [2.75, 3.05) is 33.2 Å². The van der Waals surface area contributed by atoms with Crippen LogP contribution in [0.2, 0.25) is 0 Å². The van der Waals surface area contributed by atoms with Crippen LogP contribution in [0.5, 0.6) is 0 Å². The molecule has 144 valence electrons. The highest BCUT2D eigenvalue weighted by atomic mass is 16.2. The zero-order valence-corrected chi connectivity index (χ0v) is 16.0. The summed E-state index contributed by atoms with van der Waals surface area (Å²) in [4.78, 5) is 21.3. The third kappa shape index (κ3) is 3.58. The number of nitrogens with zero attached hydrogens (tertiary/aromatic N) is 4. The molecule has 0 atom stereocenters. The minimum Gasteiger partial charge on any atom is -0.338 e. The minimum absolute atomic E-state index is 0.0621. The van der Waals surface area contributed by atoms with Crippen molar-refractivity contribution in [3.05, 3.63) is 60.3 Å². The molecule has 0 unspecified atom stereocenters. The molecule has 3 aromatic rings. The molecule has 0 bridgehead atoms. The van der Waals surface area contributed by atoms with E-state index in [2.05, 4.69) is 16.9 Å². The summed E-state index contributed by atoms with van der Waals surface area (Å²) in [7, 11) is 2.06. The van der Waals surface area contributed by atoms with E-state index >= 15 is 0 Å². The van der Waals surface area contributed by atoms with Gasteiger partial charge in [0.2, 0.25) is 5.91 Å². The van der Waals surface area contributed by atoms with Crippen molar-refractivity contribution in [3.8, 4) is 11.3 Å². The largest absolute Gasteiger partial charge is 0.338 e. The first kappa shape index (κ1) is 15.1. The van der Waals surface area contributed by atoms with Crippen molar-refractivity contribution in [2.24, 2.45) is 6.98 Å². The first-order valence-electron chi connectivity index (χ1n) is 11.1. The Hall–Kier alpha value is -2.92. The van der Waals surface area contributed by atoms with Gasteiger partial charge in [0.05, 0.1) is 5.69 Å². The van der Waals surface area contributed by atoms with Gasteiger partial charge in [-0.05, 0) is 43.8 Å². The van der Waals surface area contributed by atoms with Crippen LogP contribution < -0.4 is 0 Å². The lowest BCUT2D eigenvalue weighted by Gasteiger charge is -2.18. The number of likely N-dealkylation sites (N-methyl/N-ethyl adjacent to an activating group) is 1. The van der Waals surface area contributed by atoms with Gasteiger partial charge in [0.25, 0.3) is 0 Å². The number of amides is 1. The van der Waals surface area contributed by atoms with Gasteiger partial charge in [-0.25, -0.2) is 4.98 Å². The van der Waals surface area contributed by atoms with Gasteiger partial charge < -0.3 is 14.4 Å². The highest BCUT2D eigenvalue weighted by molar-refractivity contribution is 6.00. The lowest BCUT2D eigenvalue weighted by molar-refractivity contribution is -0.125.